The molecule has 1 aromatic rings. The van der Waals surface area contributed by atoms with E-state index in [1.165, 1.54) is 0 Å². The quantitative estimate of drug-likeness (QED) is 0.577. The summed E-state index contributed by atoms with van der Waals surface area (Å²) < 4.78 is 10.5. The molecule has 0 saturated heterocycles. The van der Waals surface area contributed by atoms with Crippen molar-refractivity contribution < 1.29 is 14.3 Å². The first-order valence-corrected chi connectivity index (χ1v) is 5.52. The molecule has 0 spiro atoms. The van der Waals surface area contributed by atoms with Crippen molar-refractivity contribution in [2.75, 3.05) is 20.8 Å². The van der Waals surface area contributed by atoms with Gasteiger partial charge in [0.1, 0.15) is 11.5 Å². The molecule has 0 aromatic heterocycles. The van der Waals surface area contributed by atoms with E-state index in [4.69, 9.17) is 9.47 Å². The van der Waals surface area contributed by atoms with Crippen molar-refractivity contribution >= 4 is 6.08 Å². The van der Waals surface area contributed by atoms with Crippen molar-refractivity contribution in [2.24, 2.45) is 4.99 Å². The summed E-state index contributed by atoms with van der Waals surface area (Å²) in [4.78, 5) is 13.9. The van der Waals surface area contributed by atoms with Gasteiger partial charge in [-0.3, -0.25) is 0 Å². The lowest BCUT2D eigenvalue weighted by Gasteiger charge is -2.17. The third-order valence-electron chi connectivity index (χ3n) is 3.28. The molecule has 0 aliphatic heterocycles. The second-order valence-corrected chi connectivity index (χ2v) is 4.25. The van der Waals surface area contributed by atoms with Crippen LogP contribution in [-0.2, 0) is 10.2 Å². The van der Waals surface area contributed by atoms with E-state index in [1.54, 1.807) is 20.3 Å². The van der Waals surface area contributed by atoms with Gasteiger partial charge in [-0.1, -0.05) is 6.07 Å². The van der Waals surface area contributed by atoms with Crippen molar-refractivity contribution in [3.63, 3.8) is 0 Å². The first-order chi connectivity index (χ1) is 8.25. The lowest BCUT2D eigenvalue weighted by atomic mass is 9.95. The van der Waals surface area contributed by atoms with E-state index in [1.807, 2.05) is 18.2 Å². The Balaban J connectivity index is 2.34. The van der Waals surface area contributed by atoms with E-state index in [0.717, 1.165) is 29.9 Å². The van der Waals surface area contributed by atoms with E-state index >= 15 is 0 Å². The standard InChI is InChI=1S/C13H15NO3/c1-16-10-3-4-11(12(7-10)17-2)13(5-6-13)8-14-9-15/h3-4,7H,5-6,8H2,1-2H3. The summed E-state index contributed by atoms with van der Waals surface area (Å²) in [6.07, 6.45) is 3.66. The number of rotatable bonds is 5. The lowest BCUT2D eigenvalue weighted by Crippen LogP contribution is -2.12. The van der Waals surface area contributed by atoms with Crippen LogP contribution in [-0.4, -0.2) is 26.8 Å². The molecule has 1 aromatic carbocycles. The summed E-state index contributed by atoms with van der Waals surface area (Å²) in [6, 6.07) is 5.76. The van der Waals surface area contributed by atoms with Gasteiger partial charge in [-0.05, 0) is 18.9 Å². The second-order valence-electron chi connectivity index (χ2n) is 4.25. The van der Waals surface area contributed by atoms with Crippen LogP contribution < -0.4 is 9.47 Å². The molecule has 0 bridgehead atoms. The molecule has 1 aliphatic carbocycles. The summed E-state index contributed by atoms with van der Waals surface area (Å²) in [5.41, 5.74) is 1.06. The van der Waals surface area contributed by atoms with Crippen LogP contribution in [0.1, 0.15) is 18.4 Å². The van der Waals surface area contributed by atoms with E-state index < -0.39 is 0 Å². The normalized spacial score (nSPS) is 15.9. The van der Waals surface area contributed by atoms with Crippen LogP contribution in [0.4, 0.5) is 0 Å². The predicted molar refractivity (Wildman–Crippen MR) is 63.4 cm³/mol. The summed E-state index contributed by atoms with van der Waals surface area (Å²) >= 11 is 0. The van der Waals surface area contributed by atoms with Crippen LogP contribution >= 0.6 is 0 Å². The summed E-state index contributed by atoms with van der Waals surface area (Å²) in [6.45, 7) is 0.485. The fourth-order valence-corrected chi connectivity index (χ4v) is 2.08. The van der Waals surface area contributed by atoms with Gasteiger partial charge in [0.15, 0.2) is 0 Å². The van der Waals surface area contributed by atoms with Crippen LogP contribution in [0, 0.1) is 0 Å². The SMILES string of the molecule is COc1ccc(C2(CN=C=O)CC2)c(OC)c1. The minimum Gasteiger partial charge on any atom is -0.497 e. The van der Waals surface area contributed by atoms with Crippen molar-refractivity contribution in [2.45, 2.75) is 18.3 Å². The fraction of sp³-hybridized carbons (Fsp3) is 0.462. The molecule has 1 saturated carbocycles. The molecular weight excluding hydrogens is 218 g/mol. The molecular formula is C13H15NO3. The third kappa shape index (κ3) is 2.17. The molecule has 90 valence electrons. The summed E-state index contributed by atoms with van der Waals surface area (Å²) in [5, 5.41) is 0. The molecule has 1 fully saturated rings. The highest BCUT2D eigenvalue weighted by molar-refractivity contribution is 5.48. The van der Waals surface area contributed by atoms with Crippen LogP contribution in [0.2, 0.25) is 0 Å². The highest BCUT2D eigenvalue weighted by Gasteiger charge is 2.46. The predicted octanol–water partition coefficient (Wildman–Crippen LogP) is 2.07. The highest BCUT2D eigenvalue weighted by atomic mass is 16.5. The number of nitrogens with zero attached hydrogens (tertiary/aromatic N) is 1. The van der Waals surface area contributed by atoms with Crippen molar-refractivity contribution in [3.05, 3.63) is 23.8 Å². The van der Waals surface area contributed by atoms with Gasteiger partial charge in [-0.2, -0.15) is 0 Å². The highest BCUT2D eigenvalue weighted by Crippen LogP contribution is 2.52. The molecule has 4 nitrogen and oxygen atoms in total. The monoisotopic (exact) mass is 233 g/mol. The Morgan fingerprint density at radius 1 is 1.35 bits per heavy atom. The molecule has 0 atom stereocenters. The van der Waals surface area contributed by atoms with Gasteiger partial charge in [0.25, 0.3) is 0 Å². The molecule has 2 rings (SSSR count). The zero-order chi connectivity index (χ0) is 12.3. The maximum Gasteiger partial charge on any atom is 0.234 e. The molecule has 0 unspecified atom stereocenters. The van der Waals surface area contributed by atoms with Crippen LogP contribution in [0.3, 0.4) is 0 Å². The van der Waals surface area contributed by atoms with Crippen molar-refractivity contribution in [1.82, 2.24) is 0 Å². The Morgan fingerprint density at radius 2 is 2.12 bits per heavy atom. The lowest BCUT2D eigenvalue weighted by molar-refractivity contribution is 0.387. The topological polar surface area (TPSA) is 47.9 Å². The molecule has 0 amide bonds. The maximum absolute atomic E-state index is 10.2. The van der Waals surface area contributed by atoms with E-state index in [-0.39, 0.29) is 5.41 Å². The molecule has 0 radical (unpaired) electrons. The van der Waals surface area contributed by atoms with E-state index in [9.17, 15) is 4.79 Å². The summed E-state index contributed by atoms with van der Waals surface area (Å²) in [7, 11) is 3.26. The minimum atomic E-state index is -0.0327. The van der Waals surface area contributed by atoms with Gasteiger partial charge in [0.2, 0.25) is 6.08 Å². The zero-order valence-electron chi connectivity index (χ0n) is 10.0. The Labute approximate surface area is 100 Å². The first kappa shape index (κ1) is 11.7. The Kier molecular flexibility index (Phi) is 3.16. The van der Waals surface area contributed by atoms with Crippen molar-refractivity contribution in [3.8, 4) is 11.5 Å². The fourth-order valence-electron chi connectivity index (χ4n) is 2.08. The Bertz CT molecular complexity index is 460. The number of aliphatic imine (C=N–C) groups is 1. The molecule has 0 N–H and O–H groups in total. The molecule has 1 aliphatic rings. The van der Waals surface area contributed by atoms with Gasteiger partial charge in [0.05, 0.1) is 20.8 Å². The number of carbonyl (C=O) groups excluding carboxylic acids is 1. The number of isocyanates is 1. The number of methoxy groups -OCH3 is 2. The van der Waals surface area contributed by atoms with E-state index in [2.05, 4.69) is 4.99 Å². The minimum absolute atomic E-state index is 0.0327. The van der Waals surface area contributed by atoms with Crippen molar-refractivity contribution in [1.29, 1.82) is 0 Å². The van der Waals surface area contributed by atoms with Gasteiger partial charge in [-0.25, -0.2) is 9.79 Å². The van der Waals surface area contributed by atoms with Crippen LogP contribution in [0.15, 0.2) is 23.2 Å². The number of hydrogen-bond donors (Lipinski definition) is 0. The number of benzene rings is 1. The van der Waals surface area contributed by atoms with E-state index in [0.29, 0.717) is 6.54 Å². The smallest absolute Gasteiger partial charge is 0.234 e. The average Bonchev–Trinajstić information content (AvgIpc) is 3.16. The first-order valence-electron chi connectivity index (χ1n) is 5.52. The molecule has 4 heteroatoms. The Hall–Kier alpha value is -1.80. The van der Waals surface area contributed by atoms with Gasteiger partial charge in [0, 0.05) is 17.0 Å². The summed E-state index contributed by atoms with van der Waals surface area (Å²) in [5.74, 6) is 1.56. The average molecular weight is 233 g/mol. The maximum atomic E-state index is 10.2. The number of hydrogen-bond acceptors (Lipinski definition) is 4. The van der Waals surface area contributed by atoms with Gasteiger partial charge >= 0.3 is 0 Å². The molecule has 17 heavy (non-hydrogen) atoms. The van der Waals surface area contributed by atoms with Gasteiger partial charge < -0.3 is 9.47 Å². The molecule has 0 heterocycles. The Morgan fingerprint density at radius 3 is 2.65 bits per heavy atom. The zero-order valence-corrected chi connectivity index (χ0v) is 10.0. The van der Waals surface area contributed by atoms with Crippen LogP contribution in [0.25, 0.3) is 0 Å². The second kappa shape index (κ2) is 4.60. The van der Waals surface area contributed by atoms with Gasteiger partial charge in [-0.15, -0.1) is 0 Å². The third-order valence-corrected chi connectivity index (χ3v) is 3.28. The van der Waals surface area contributed by atoms with Crippen LogP contribution in [0.5, 0.6) is 11.5 Å². The largest absolute Gasteiger partial charge is 0.497 e. The number of ether oxygens (including phenoxy) is 2.